The van der Waals surface area contributed by atoms with Crippen LogP contribution in [0.3, 0.4) is 0 Å². The molecule has 0 aliphatic rings. The summed E-state index contributed by atoms with van der Waals surface area (Å²) in [5.74, 6) is 0.920. The monoisotopic (exact) mass is 148 g/mol. The van der Waals surface area contributed by atoms with Crippen LogP contribution in [0.5, 0.6) is 0 Å². The van der Waals surface area contributed by atoms with E-state index < -0.39 is 0 Å². The Bertz CT molecular complexity index is 66.1. The molecule has 54 valence electrons. The van der Waals surface area contributed by atoms with Crippen LogP contribution in [0.25, 0.3) is 0 Å². The van der Waals surface area contributed by atoms with E-state index in [4.69, 9.17) is 9.84 Å². The topological polar surface area (TPSA) is 29.5 Å². The fourth-order valence-corrected chi connectivity index (χ4v) is 0.738. The average Bonchev–Trinajstić information content (AvgIpc) is 1.89. The Morgan fingerprint density at radius 3 is 2.89 bits per heavy atom. The molecule has 0 amide bonds. The Kier molecular flexibility index (Phi) is 8.02. The first-order valence-electron chi connectivity index (χ1n) is 2.83. The molecule has 2 nitrogen and oxygen atoms in total. The third-order valence-electron chi connectivity index (χ3n) is 0.699. The van der Waals surface area contributed by atoms with Crippen molar-refractivity contribution in [2.75, 3.05) is 25.6 Å². The molecule has 9 heavy (non-hydrogen) atoms. The van der Waals surface area contributed by atoms with Crippen LogP contribution in [0.15, 0.2) is 12.0 Å². The molecule has 0 saturated carbocycles. The summed E-state index contributed by atoms with van der Waals surface area (Å²) in [4.78, 5) is 0. The number of thioether (sulfide) groups is 1. The summed E-state index contributed by atoms with van der Waals surface area (Å²) >= 11 is 1.62. The van der Waals surface area contributed by atoms with Crippen LogP contribution in [0.1, 0.15) is 0 Å². The lowest BCUT2D eigenvalue weighted by Crippen LogP contribution is -2.01. The average molecular weight is 148 g/mol. The highest BCUT2D eigenvalue weighted by molar-refractivity contribution is 8.02. The van der Waals surface area contributed by atoms with Gasteiger partial charge in [-0.05, 0) is 5.41 Å². The van der Waals surface area contributed by atoms with Crippen LogP contribution in [0.4, 0.5) is 0 Å². The van der Waals surface area contributed by atoms with Gasteiger partial charge < -0.3 is 9.84 Å². The Labute approximate surface area is 59.9 Å². The van der Waals surface area contributed by atoms with E-state index in [0.717, 1.165) is 5.75 Å². The van der Waals surface area contributed by atoms with Crippen molar-refractivity contribution in [2.24, 2.45) is 0 Å². The van der Waals surface area contributed by atoms with Crippen LogP contribution in [-0.4, -0.2) is 30.7 Å². The van der Waals surface area contributed by atoms with Crippen molar-refractivity contribution in [2.45, 2.75) is 0 Å². The molecular formula is C6H12O2S. The first kappa shape index (κ1) is 9.01. The minimum absolute atomic E-state index is 0.110. The molecule has 0 saturated heterocycles. The van der Waals surface area contributed by atoms with Crippen molar-refractivity contribution in [3.63, 3.8) is 0 Å². The first-order valence-corrected chi connectivity index (χ1v) is 3.87. The summed E-state index contributed by atoms with van der Waals surface area (Å²) in [6, 6.07) is 0. The number of aliphatic hydroxyl groups is 1. The smallest absolute Gasteiger partial charge is 0.0698 e. The lowest BCUT2D eigenvalue weighted by molar-refractivity contribution is 0.103. The maximum atomic E-state index is 8.27. The minimum atomic E-state index is 0.110. The molecule has 3 heteroatoms. The second-order valence-corrected chi connectivity index (χ2v) is 2.45. The molecule has 0 fully saturated rings. The number of ether oxygens (including phenoxy) is 1. The summed E-state index contributed by atoms with van der Waals surface area (Å²) in [6.45, 7) is 4.78. The van der Waals surface area contributed by atoms with Gasteiger partial charge in [-0.15, -0.1) is 11.8 Å². The third-order valence-corrected chi connectivity index (χ3v) is 1.34. The highest BCUT2D eigenvalue weighted by atomic mass is 32.2. The van der Waals surface area contributed by atoms with Gasteiger partial charge in [0.2, 0.25) is 0 Å². The molecule has 0 aliphatic heterocycles. The Hall–Kier alpha value is 0.01000. The Balaban J connectivity index is 2.66. The molecule has 0 aliphatic carbocycles. The van der Waals surface area contributed by atoms with E-state index in [-0.39, 0.29) is 6.61 Å². The quantitative estimate of drug-likeness (QED) is 0.567. The molecule has 1 N–H and O–H groups in total. The van der Waals surface area contributed by atoms with Gasteiger partial charge >= 0.3 is 0 Å². The van der Waals surface area contributed by atoms with E-state index in [9.17, 15) is 0 Å². The third kappa shape index (κ3) is 8.01. The van der Waals surface area contributed by atoms with Gasteiger partial charge in [-0.1, -0.05) is 6.58 Å². The highest BCUT2D eigenvalue weighted by Gasteiger charge is 1.83. The number of hydrogen-bond acceptors (Lipinski definition) is 3. The SMILES string of the molecule is C=CSCCOCCO. The molecule has 0 bridgehead atoms. The van der Waals surface area contributed by atoms with Gasteiger partial charge in [-0.3, -0.25) is 0 Å². The second-order valence-electron chi connectivity index (χ2n) is 1.37. The number of aliphatic hydroxyl groups excluding tert-OH is 1. The standard InChI is InChI=1S/C6H12O2S/c1-2-9-6-5-8-4-3-7/h2,7H,1,3-6H2. The molecule has 0 spiro atoms. The van der Waals surface area contributed by atoms with E-state index >= 15 is 0 Å². The molecule has 0 rings (SSSR count). The van der Waals surface area contributed by atoms with E-state index in [1.54, 1.807) is 17.2 Å². The van der Waals surface area contributed by atoms with Crippen LogP contribution < -0.4 is 0 Å². The predicted molar refractivity (Wildman–Crippen MR) is 40.6 cm³/mol. The molecule has 0 radical (unpaired) electrons. The summed E-state index contributed by atoms with van der Waals surface area (Å²) in [7, 11) is 0. The van der Waals surface area contributed by atoms with Crippen molar-refractivity contribution in [3.8, 4) is 0 Å². The molecule has 0 atom stereocenters. The molecule has 0 aromatic rings. The largest absolute Gasteiger partial charge is 0.394 e. The van der Waals surface area contributed by atoms with E-state index in [1.165, 1.54) is 0 Å². The Morgan fingerprint density at radius 1 is 1.56 bits per heavy atom. The van der Waals surface area contributed by atoms with Crippen LogP contribution in [0.2, 0.25) is 0 Å². The second kappa shape index (κ2) is 8.01. The maximum absolute atomic E-state index is 8.27. The summed E-state index contributed by atoms with van der Waals surface area (Å²) in [6.07, 6.45) is 0. The minimum Gasteiger partial charge on any atom is -0.394 e. The van der Waals surface area contributed by atoms with Crippen LogP contribution >= 0.6 is 11.8 Å². The van der Waals surface area contributed by atoms with Crippen LogP contribution in [0, 0.1) is 0 Å². The summed E-state index contributed by atoms with van der Waals surface area (Å²) in [5, 5.41) is 10.1. The molecule has 0 unspecified atom stereocenters. The molecule has 0 aromatic heterocycles. The van der Waals surface area contributed by atoms with Crippen molar-refractivity contribution in [3.05, 3.63) is 12.0 Å². The van der Waals surface area contributed by atoms with Gasteiger partial charge in [-0.2, -0.15) is 0 Å². The van der Waals surface area contributed by atoms with Gasteiger partial charge in [0.05, 0.1) is 19.8 Å². The van der Waals surface area contributed by atoms with E-state index in [2.05, 4.69) is 6.58 Å². The van der Waals surface area contributed by atoms with Gasteiger partial charge in [0.15, 0.2) is 0 Å². The zero-order valence-corrected chi connectivity index (χ0v) is 6.19. The zero-order chi connectivity index (χ0) is 6.95. The lowest BCUT2D eigenvalue weighted by atomic mass is 10.7. The van der Waals surface area contributed by atoms with Gasteiger partial charge in [0, 0.05) is 5.75 Å². The van der Waals surface area contributed by atoms with Crippen molar-refractivity contribution in [1.29, 1.82) is 0 Å². The number of rotatable bonds is 6. The predicted octanol–water partition coefficient (Wildman–Crippen LogP) is 0.872. The van der Waals surface area contributed by atoms with E-state index in [1.807, 2.05) is 0 Å². The Morgan fingerprint density at radius 2 is 2.33 bits per heavy atom. The lowest BCUT2D eigenvalue weighted by Gasteiger charge is -1.97. The number of hydrogen-bond donors (Lipinski definition) is 1. The molecule has 0 heterocycles. The summed E-state index contributed by atoms with van der Waals surface area (Å²) < 4.78 is 4.97. The molecular weight excluding hydrogens is 136 g/mol. The fraction of sp³-hybridized carbons (Fsp3) is 0.667. The summed E-state index contributed by atoms with van der Waals surface area (Å²) in [5.41, 5.74) is 0. The molecule has 0 aromatic carbocycles. The van der Waals surface area contributed by atoms with Crippen molar-refractivity contribution >= 4 is 11.8 Å². The van der Waals surface area contributed by atoms with Gasteiger partial charge in [-0.25, -0.2) is 0 Å². The van der Waals surface area contributed by atoms with Gasteiger partial charge in [0.25, 0.3) is 0 Å². The zero-order valence-electron chi connectivity index (χ0n) is 5.38. The fourth-order valence-electron chi connectivity index (χ4n) is 0.357. The van der Waals surface area contributed by atoms with Crippen molar-refractivity contribution in [1.82, 2.24) is 0 Å². The maximum Gasteiger partial charge on any atom is 0.0698 e. The van der Waals surface area contributed by atoms with Crippen LogP contribution in [-0.2, 0) is 4.74 Å². The highest BCUT2D eigenvalue weighted by Crippen LogP contribution is 1.97. The normalized spacial score (nSPS) is 9.44. The van der Waals surface area contributed by atoms with Crippen molar-refractivity contribution < 1.29 is 9.84 Å². The first-order chi connectivity index (χ1) is 4.41. The van der Waals surface area contributed by atoms with E-state index in [0.29, 0.717) is 13.2 Å². The van der Waals surface area contributed by atoms with Gasteiger partial charge in [0.1, 0.15) is 0 Å².